The molecule has 0 bridgehead atoms. The van der Waals surface area contributed by atoms with E-state index in [1.165, 1.54) is 12.8 Å². The van der Waals surface area contributed by atoms with E-state index < -0.39 is 0 Å². The van der Waals surface area contributed by atoms with Crippen LogP contribution in [0.3, 0.4) is 0 Å². The van der Waals surface area contributed by atoms with E-state index in [4.69, 9.17) is 4.52 Å². The molecule has 1 fully saturated rings. The molecular formula is C20H31N5O3. The van der Waals surface area contributed by atoms with Gasteiger partial charge in [-0.05, 0) is 71.8 Å². The molecule has 1 aliphatic heterocycles. The summed E-state index contributed by atoms with van der Waals surface area (Å²) in [5.41, 5.74) is 0.614. The molecule has 2 aromatic heterocycles. The number of hydrogen-bond acceptors (Lipinski definition) is 8. The fourth-order valence-corrected chi connectivity index (χ4v) is 2.88. The quantitative estimate of drug-likeness (QED) is 0.754. The summed E-state index contributed by atoms with van der Waals surface area (Å²) in [5.74, 6) is 2.06. The first kappa shape index (κ1) is 22.0. The molecule has 2 aromatic rings. The molecule has 0 unspecified atom stereocenters. The third kappa shape index (κ3) is 8.14. The third-order valence-corrected chi connectivity index (χ3v) is 4.24. The Morgan fingerprint density at radius 2 is 1.96 bits per heavy atom. The normalized spacial score (nSPS) is 15.0. The molecule has 1 N–H and O–H groups in total. The molecule has 0 saturated carbocycles. The molecular weight excluding hydrogens is 358 g/mol. The number of nitrogens with zero attached hydrogens (tertiary/aromatic N) is 4. The molecule has 0 radical (unpaired) electrons. The van der Waals surface area contributed by atoms with E-state index in [9.17, 15) is 4.79 Å². The lowest BCUT2D eigenvalue weighted by Gasteiger charge is -2.26. The summed E-state index contributed by atoms with van der Waals surface area (Å²) in [6.07, 6.45) is 5.95. The molecule has 8 nitrogen and oxygen atoms in total. The number of carbonyl (C=O) groups is 1. The maximum Gasteiger partial charge on any atom is 0.293 e. The third-order valence-electron chi connectivity index (χ3n) is 4.24. The van der Waals surface area contributed by atoms with Crippen LogP contribution in [0.1, 0.15) is 39.5 Å². The van der Waals surface area contributed by atoms with E-state index in [0.717, 1.165) is 31.1 Å². The maximum absolute atomic E-state index is 9.60. The predicted octanol–water partition coefficient (Wildman–Crippen LogP) is 2.52. The maximum atomic E-state index is 9.60. The minimum Gasteiger partial charge on any atom is -0.462 e. The van der Waals surface area contributed by atoms with E-state index in [1.807, 2.05) is 32.9 Å². The SMILES string of the molecule is CC(C)(C)OC=O.CN(Cc1nc(-c2ccncc2)no1)CC1CCNCC1. The monoisotopic (exact) mass is 389 g/mol. The van der Waals surface area contributed by atoms with Gasteiger partial charge in [0.15, 0.2) is 0 Å². The fourth-order valence-electron chi connectivity index (χ4n) is 2.88. The molecule has 3 heterocycles. The molecule has 0 aromatic carbocycles. The van der Waals surface area contributed by atoms with Gasteiger partial charge in [0.25, 0.3) is 6.47 Å². The van der Waals surface area contributed by atoms with Crippen molar-refractivity contribution < 1.29 is 14.1 Å². The van der Waals surface area contributed by atoms with Gasteiger partial charge < -0.3 is 14.6 Å². The second-order valence-electron chi connectivity index (χ2n) is 7.96. The second-order valence-corrected chi connectivity index (χ2v) is 7.96. The van der Waals surface area contributed by atoms with Crippen molar-refractivity contribution in [3.8, 4) is 11.4 Å². The summed E-state index contributed by atoms with van der Waals surface area (Å²) < 4.78 is 9.89. The van der Waals surface area contributed by atoms with Crippen molar-refractivity contribution >= 4 is 6.47 Å². The van der Waals surface area contributed by atoms with Crippen LogP contribution in [0.2, 0.25) is 0 Å². The van der Waals surface area contributed by atoms with Crippen LogP contribution in [0.5, 0.6) is 0 Å². The Morgan fingerprint density at radius 1 is 1.29 bits per heavy atom. The minimum atomic E-state index is -0.318. The zero-order chi connectivity index (χ0) is 20.4. The van der Waals surface area contributed by atoms with Gasteiger partial charge in [-0.2, -0.15) is 4.98 Å². The Bertz CT molecular complexity index is 693. The topological polar surface area (TPSA) is 93.4 Å². The van der Waals surface area contributed by atoms with Crippen molar-refractivity contribution in [1.82, 2.24) is 25.3 Å². The zero-order valence-electron chi connectivity index (χ0n) is 17.2. The highest BCUT2D eigenvalue weighted by Gasteiger charge is 2.17. The van der Waals surface area contributed by atoms with Crippen LogP contribution < -0.4 is 5.32 Å². The van der Waals surface area contributed by atoms with Crippen LogP contribution in [-0.4, -0.2) is 58.8 Å². The summed E-state index contributed by atoms with van der Waals surface area (Å²) in [7, 11) is 2.11. The molecule has 8 heteroatoms. The molecule has 0 aliphatic carbocycles. The van der Waals surface area contributed by atoms with Gasteiger partial charge in [-0.15, -0.1) is 0 Å². The summed E-state index contributed by atoms with van der Waals surface area (Å²) in [6.45, 7) is 9.96. The van der Waals surface area contributed by atoms with E-state index in [0.29, 0.717) is 24.7 Å². The van der Waals surface area contributed by atoms with Gasteiger partial charge in [0.2, 0.25) is 11.7 Å². The second kappa shape index (κ2) is 10.9. The highest BCUT2D eigenvalue weighted by Crippen LogP contribution is 2.16. The first-order valence-electron chi connectivity index (χ1n) is 9.61. The first-order valence-corrected chi connectivity index (χ1v) is 9.61. The van der Waals surface area contributed by atoms with Crippen LogP contribution in [0.4, 0.5) is 0 Å². The Hall–Kier alpha value is -2.32. The van der Waals surface area contributed by atoms with Gasteiger partial charge in [-0.1, -0.05) is 5.16 Å². The van der Waals surface area contributed by atoms with E-state index in [2.05, 4.69) is 37.1 Å². The smallest absolute Gasteiger partial charge is 0.293 e. The number of carbonyl (C=O) groups excluding carboxylic acids is 1. The van der Waals surface area contributed by atoms with E-state index in [1.54, 1.807) is 12.4 Å². The molecule has 3 rings (SSSR count). The molecule has 0 spiro atoms. The molecule has 28 heavy (non-hydrogen) atoms. The average Bonchev–Trinajstić information content (AvgIpc) is 3.11. The number of nitrogens with one attached hydrogen (secondary N) is 1. The van der Waals surface area contributed by atoms with Gasteiger partial charge in [0.05, 0.1) is 6.54 Å². The van der Waals surface area contributed by atoms with Crippen LogP contribution >= 0.6 is 0 Å². The molecule has 1 aliphatic rings. The number of piperidine rings is 1. The van der Waals surface area contributed by atoms with Gasteiger partial charge in [-0.25, -0.2) is 0 Å². The van der Waals surface area contributed by atoms with Crippen molar-refractivity contribution in [3.63, 3.8) is 0 Å². The molecule has 0 amide bonds. The van der Waals surface area contributed by atoms with Crippen molar-refractivity contribution in [2.75, 3.05) is 26.7 Å². The summed E-state index contributed by atoms with van der Waals surface area (Å²) >= 11 is 0. The fraction of sp³-hybridized carbons (Fsp3) is 0.600. The Balaban J connectivity index is 0.000000345. The van der Waals surface area contributed by atoms with Crippen LogP contribution in [0.25, 0.3) is 11.4 Å². The highest BCUT2D eigenvalue weighted by molar-refractivity contribution is 5.52. The average molecular weight is 390 g/mol. The number of aromatic nitrogens is 3. The van der Waals surface area contributed by atoms with Crippen molar-refractivity contribution in [2.45, 2.75) is 45.8 Å². The Morgan fingerprint density at radius 3 is 2.54 bits per heavy atom. The minimum absolute atomic E-state index is 0.318. The number of ether oxygens (including phenoxy) is 1. The van der Waals surface area contributed by atoms with E-state index >= 15 is 0 Å². The number of pyridine rings is 1. The lowest BCUT2D eigenvalue weighted by molar-refractivity contribution is -0.138. The Labute approximate surface area is 166 Å². The zero-order valence-corrected chi connectivity index (χ0v) is 17.2. The van der Waals surface area contributed by atoms with Crippen LogP contribution in [0, 0.1) is 5.92 Å². The van der Waals surface area contributed by atoms with E-state index in [-0.39, 0.29) is 5.60 Å². The first-order chi connectivity index (χ1) is 13.4. The summed E-state index contributed by atoms with van der Waals surface area (Å²) in [5, 5.41) is 7.43. The van der Waals surface area contributed by atoms with Crippen molar-refractivity contribution in [1.29, 1.82) is 0 Å². The highest BCUT2D eigenvalue weighted by atomic mass is 16.5. The number of hydrogen-bond donors (Lipinski definition) is 1. The van der Waals surface area contributed by atoms with Gasteiger partial charge in [0.1, 0.15) is 5.60 Å². The largest absolute Gasteiger partial charge is 0.462 e. The lowest BCUT2D eigenvalue weighted by Crippen LogP contribution is -2.34. The predicted molar refractivity (Wildman–Crippen MR) is 106 cm³/mol. The van der Waals surface area contributed by atoms with Crippen LogP contribution in [0.15, 0.2) is 29.0 Å². The van der Waals surface area contributed by atoms with Gasteiger partial charge in [0, 0.05) is 24.5 Å². The van der Waals surface area contributed by atoms with Gasteiger partial charge in [-0.3, -0.25) is 14.7 Å². The number of rotatable bonds is 6. The van der Waals surface area contributed by atoms with Crippen molar-refractivity contribution in [3.05, 3.63) is 30.4 Å². The molecule has 1 saturated heterocycles. The lowest BCUT2D eigenvalue weighted by atomic mass is 9.98. The van der Waals surface area contributed by atoms with Gasteiger partial charge >= 0.3 is 0 Å². The van der Waals surface area contributed by atoms with Crippen LogP contribution in [-0.2, 0) is 16.1 Å². The Kier molecular flexibility index (Phi) is 8.53. The summed E-state index contributed by atoms with van der Waals surface area (Å²) in [4.78, 5) is 20.3. The standard InChI is InChI=1S/C15H21N5O.C5H10O2/c1-20(10-12-2-6-16-7-3-12)11-14-18-15(19-21-14)13-4-8-17-9-5-13;1-5(2,3)7-4-6/h4-5,8-9,12,16H,2-3,6-7,10-11H2,1H3;4H,1-3H3. The van der Waals surface area contributed by atoms with Crippen molar-refractivity contribution in [2.24, 2.45) is 5.92 Å². The molecule has 0 atom stereocenters. The summed E-state index contributed by atoms with van der Waals surface area (Å²) in [6, 6.07) is 3.76. The molecule has 154 valence electrons.